The van der Waals surface area contributed by atoms with E-state index in [1.807, 2.05) is 114 Å². The molecule has 0 heterocycles. The van der Waals surface area contributed by atoms with Crippen LogP contribution in [0.4, 0.5) is 0 Å². The fourth-order valence-corrected chi connectivity index (χ4v) is 3.04. The van der Waals surface area contributed by atoms with E-state index in [2.05, 4.69) is 139 Å². The number of rotatable bonds is 0. The molecule has 0 saturated carbocycles. The van der Waals surface area contributed by atoms with Crippen molar-refractivity contribution in [3.63, 3.8) is 0 Å². The molecule has 0 bridgehead atoms. The summed E-state index contributed by atoms with van der Waals surface area (Å²) in [5, 5.41) is 5.24. The van der Waals surface area contributed by atoms with Crippen molar-refractivity contribution in [3.8, 4) is 0 Å². The van der Waals surface area contributed by atoms with Crippen molar-refractivity contribution < 1.29 is 0 Å². The monoisotopic (exact) mass is 651 g/mol. The van der Waals surface area contributed by atoms with Crippen molar-refractivity contribution in [1.82, 2.24) is 0 Å². The molecule has 0 aliphatic carbocycles. The van der Waals surface area contributed by atoms with Crippen molar-refractivity contribution in [2.75, 3.05) is 0 Å². The first kappa shape index (κ1) is 53.3. The van der Waals surface area contributed by atoms with Gasteiger partial charge >= 0.3 is 0 Å². The van der Waals surface area contributed by atoms with Crippen molar-refractivity contribution in [3.05, 3.63) is 170 Å². The second-order valence-corrected chi connectivity index (χ2v) is 9.13. The molecule has 0 aliphatic rings. The molecule has 6 rings (SSSR count). The Hall–Kier alpha value is -4.16. The molecule has 0 amide bonds. The molecule has 0 saturated heterocycles. The Balaban J connectivity index is -0.000000152. The summed E-state index contributed by atoms with van der Waals surface area (Å²) < 4.78 is 0. The SMILES string of the molecule is C.CC.CC.CC.CCC.CCC.CCC.c1ccc2ccccc2c1.c1ccc2ccccc2c1.c1ccccc1.c1ccccc1. The number of fused-ring (bicyclic) bond motifs is 2. The fraction of sp³-hybridized carbons (Fsp3) is 0.333. The van der Waals surface area contributed by atoms with Gasteiger partial charge < -0.3 is 0 Å². The standard InChI is InChI=1S/2C10H8.2C6H6.3C3H8.3C2H6.CH4/c2*1-2-6-10-8-4-3-7-9(10)5-1;2*1-2-4-6-5-3-1;3*1-3-2;3*1-2;/h2*1-8H;2*1-6H;3*3H2,1-2H3;3*1-2H3;1H4. The summed E-state index contributed by atoms with van der Waals surface area (Å²) in [4.78, 5) is 0. The summed E-state index contributed by atoms with van der Waals surface area (Å²) in [6.07, 6.45) is 3.75. The maximum Gasteiger partial charge on any atom is -0.0184 e. The topological polar surface area (TPSA) is 0 Å². The van der Waals surface area contributed by atoms with Crippen LogP contribution in [-0.4, -0.2) is 0 Å². The molecule has 266 valence electrons. The minimum atomic E-state index is 0. The highest BCUT2D eigenvalue weighted by Gasteiger charge is 1.86. The van der Waals surface area contributed by atoms with Crippen molar-refractivity contribution in [2.45, 2.75) is 110 Å². The first-order valence-electron chi connectivity index (χ1n) is 18.1. The molecule has 0 spiro atoms. The highest BCUT2D eigenvalue weighted by molar-refractivity contribution is 5.82. The van der Waals surface area contributed by atoms with Crippen LogP contribution in [-0.2, 0) is 0 Å². The first-order valence-corrected chi connectivity index (χ1v) is 18.1. The van der Waals surface area contributed by atoms with Gasteiger partial charge in [0, 0.05) is 0 Å². The number of hydrogen-bond acceptors (Lipinski definition) is 0. The third-order valence-electron chi connectivity index (χ3n) is 4.65. The van der Waals surface area contributed by atoms with Gasteiger partial charge in [-0.1, -0.05) is 280 Å². The van der Waals surface area contributed by atoms with E-state index in [-0.39, 0.29) is 7.43 Å². The number of benzene rings is 6. The molecule has 0 N–H and O–H groups in total. The molecule has 6 aromatic carbocycles. The molecule has 0 fully saturated rings. The molecule has 0 unspecified atom stereocenters. The van der Waals surface area contributed by atoms with Crippen LogP contribution in [0.2, 0.25) is 0 Å². The van der Waals surface area contributed by atoms with Crippen molar-refractivity contribution in [1.29, 1.82) is 0 Å². The molecule has 0 nitrogen and oxygen atoms in total. The summed E-state index contributed by atoms with van der Waals surface area (Å²) >= 11 is 0. The van der Waals surface area contributed by atoms with Crippen LogP contribution >= 0.6 is 0 Å². The van der Waals surface area contributed by atoms with Gasteiger partial charge in [-0.25, -0.2) is 0 Å². The molecule has 6 aromatic rings. The molecule has 0 heteroatoms. The summed E-state index contributed by atoms with van der Waals surface area (Å²) in [7, 11) is 0. The van der Waals surface area contributed by atoms with Crippen LogP contribution in [0.1, 0.15) is 110 Å². The lowest BCUT2D eigenvalue weighted by molar-refractivity contribution is 1.09. The van der Waals surface area contributed by atoms with Crippen molar-refractivity contribution in [2.24, 2.45) is 0 Å². The van der Waals surface area contributed by atoms with Gasteiger partial charge in [-0.2, -0.15) is 0 Å². The second kappa shape index (κ2) is 49.7. The Bertz CT molecular complexity index is 1020. The lowest BCUT2D eigenvalue weighted by Crippen LogP contribution is -1.67. The zero-order chi connectivity index (χ0) is 36.2. The third kappa shape index (κ3) is 36.3. The molecule has 48 heavy (non-hydrogen) atoms. The molecular weight excluding hydrogens is 577 g/mol. The van der Waals surface area contributed by atoms with Gasteiger partial charge in [-0.3, -0.25) is 0 Å². The minimum Gasteiger partial charge on any atom is -0.0776 e. The Labute approximate surface area is 300 Å². The highest BCUT2D eigenvalue weighted by Crippen LogP contribution is 2.12. The summed E-state index contributed by atoms with van der Waals surface area (Å²) in [6.45, 7) is 24.8. The van der Waals surface area contributed by atoms with Crippen LogP contribution in [0.15, 0.2) is 170 Å². The van der Waals surface area contributed by atoms with E-state index in [1.165, 1.54) is 40.8 Å². The molecule has 0 aliphatic heterocycles. The smallest absolute Gasteiger partial charge is 0.0184 e. The van der Waals surface area contributed by atoms with Crippen molar-refractivity contribution >= 4 is 21.5 Å². The predicted molar refractivity (Wildman–Crippen MR) is 229 cm³/mol. The summed E-state index contributed by atoms with van der Waals surface area (Å²) in [5.74, 6) is 0. The van der Waals surface area contributed by atoms with Gasteiger partial charge in [-0.05, 0) is 21.5 Å². The Morgan fingerprint density at radius 1 is 0.229 bits per heavy atom. The van der Waals surface area contributed by atoms with E-state index in [9.17, 15) is 0 Å². The lowest BCUT2D eigenvalue weighted by Gasteiger charge is -1.92. The second-order valence-electron chi connectivity index (χ2n) is 9.13. The largest absolute Gasteiger partial charge is 0.0776 e. The Kier molecular flexibility index (Phi) is 55.2. The van der Waals surface area contributed by atoms with Crippen LogP contribution in [0, 0.1) is 0 Å². The predicted octanol–water partition coefficient (Wildman–Crippen LogP) is 17.0. The molecule has 0 radical (unpaired) electrons. The molecule has 0 atom stereocenters. The lowest BCUT2D eigenvalue weighted by atomic mass is 10.1. The molecular formula is C48H74. The quantitative estimate of drug-likeness (QED) is 0.153. The average Bonchev–Trinajstić information content (AvgIpc) is 3.17. The van der Waals surface area contributed by atoms with E-state index in [4.69, 9.17) is 0 Å². The van der Waals surface area contributed by atoms with Gasteiger partial charge in [0.2, 0.25) is 0 Å². The van der Waals surface area contributed by atoms with Gasteiger partial charge in [0.15, 0.2) is 0 Å². The third-order valence-corrected chi connectivity index (χ3v) is 4.65. The minimum absolute atomic E-state index is 0. The van der Waals surface area contributed by atoms with E-state index in [0.717, 1.165) is 0 Å². The average molecular weight is 651 g/mol. The van der Waals surface area contributed by atoms with Crippen LogP contribution in [0.3, 0.4) is 0 Å². The van der Waals surface area contributed by atoms with E-state index in [0.29, 0.717) is 0 Å². The van der Waals surface area contributed by atoms with E-state index in [1.54, 1.807) is 0 Å². The van der Waals surface area contributed by atoms with Gasteiger partial charge in [0.05, 0.1) is 0 Å². The van der Waals surface area contributed by atoms with E-state index >= 15 is 0 Å². The van der Waals surface area contributed by atoms with Crippen LogP contribution < -0.4 is 0 Å². The zero-order valence-electron chi connectivity index (χ0n) is 32.3. The van der Waals surface area contributed by atoms with Gasteiger partial charge in [0.1, 0.15) is 0 Å². The molecule has 0 aromatic heterocycles. The summed E-state index contributed by atoms with van der Waals surface area (Å²) in [5.41, 5.74) is 0. The van der Waals surface area contributed by atoms with Gasteiger partial charge in [0.25, 0.3) is 0 Å². The van der Waals surface area contributed by atoms with E-state index < -0.39 is 0 Å². The maximum absolute atomic E-state index is 2.12. The Morgan fingerprint density at radius 3 is 0.396 bits per heavy atom. The Morgan fingerprint density at radius 2 is 0.312 bits per heavy atom. The van der Waals surface area contributed by atoms with Crippen LogP contribution in [0.25, 0.3) is 21.5 Å². The fourth-order valence-electron chi connectivity index (χ4n) is 3.04. The van der Waals surface area contributed by atoms with Gasteiger partial charge in [-0.15, -0.1) is 0 Å². The van der Waals surface area contributed by atoms with Crippen LogP contribution in [0.5, 0.6) is 0 Å². The summed E-state index contributed by atoms with van der Waals surface area (Å²) in [6, 6.07) is 57.4. The normalized spacial score (nSPS) is 7.67. The maximum atomic E-state index is 2.12. The zero-order valence-corrected chi connectivity index (χ0v) is 32.3. The first-order chi connectivity index (χ1) is 23.2. The highest BCUT2D eigenvalue weighted by atomic mass is 13.9. The number of hydrogen-bond donors (Lipinski definition) is 0.